The third-order valence-electron chi connectivity index (χ3n) is 5.56. The minimum absolute atomic E-state index is 0.0934. The van der Waals surface area contributed by atoms with Gasteiger partial charge in [-0.2, -0.15) is 10.5 Å². The van der Waals surface area contributed by atoms with E-state index in [1.807, 2.05) is 0 Å². The van der Waals surface area contributed by atoms with E-state index in [1.165, 1.54) is 26.4 Å². The number of benzene rings is 2. The van der Waals surface area contributed by atoms with Crippen LogP contribution in [0.25, 0.3) is 0 Å². The molecule has 0 aliphatic rings. The number of nitro groups is 2. The molecule has 45 heavy (non-hydrogen) atoms. The van der Waals surface area contributed by atoms with Crippen LogP contribution >= 0.6 is 0 Å². The quantitative estimate of drug-likeness (QED) is 0.0921. The largest absolute Gasteiger partial charge is 0.487 e. The number of rotatable bonds is 24. The van der Waals surface area contributed by atoms with Crippen molar-refractivity contribution in [1.82, 2.24) is 0 Å². The van der Waals surface area contributed by atoms with Crippen LogP contribution in [0.3, 0.4) is 0 Å². The first-order chi connectivity index (χ1) is 21.9. The molecule has 2 aromatic rings. The Morgan fingerprint density at radius 2 is 0.822 bits per heavy atom. The minimum Gasteiger partial charge on any atom is -0.487 e. The maximum Gasteiger partial charge on any atom is 0.291 e. The average molecular weight is 635 g/mol. The first kappa shape index (κ1) is 36.4. The molecule has 17 heteroatoms. The standard InChI is InChI=1S/C28H34N4O13/c1-37-3-11-42-27-17-23(31(33)34)21(19-29)15-25(27)44-13-9-40-7-5-39-6-8-41-10-14-45-26-16-22(20-30)24(32(35)36)18-28(26)43-12-4-38-2/h15-18H,3-14H2,1-2H3. The van der Waals surface area contributed by atoms with Crippen molar-refractivity contribution >= 4 is 11.4 Å². The SMILES string of the molecule is COCCOc1cc([N+](=O)[O-])c(C#N)cc1OCCOCCOCCOCCOc1cc(C#N)c([N+](=O)[O-])cc1OCCOC. The summed E-state index contributed by atoms with van der Waals surface area (Å²) < 4.78 is 48.5. The lowest BCUT2D eigenvalue weighted by molar-refractivity contribution is -0.385. The highest BCUT2D eigenvalue weighted by molar-refractivity contribution is 5.59. The minimum atomic E-state index is -0.668. The molecule has 0 N–H and O–H groups in total. The smallest absolute Gasteiger partial charge is 0.291 e. The molecular weight excluding hydrogens is 600 g/mol. The van der Waals surface area contributed by atoms with Crippen LogP contribution in [0.5, 0.6) is 23.0 Å². The van der Waals surface area contributed by atoms with Crippen LogP contribution in [-0.4, -0.2) is 103 Å². The zero-order valence-corrected chi connectivity index (χ0v) is 24.9. The maximum atomic E-state index is 11.3. The number of methoxy groups -OCH3 is 2. The van der Waals surface area contributed by atoms with Crippen LogP contribution in [0.4, 0.5) is 11.4 Å². The Morgan fingerprint density at radius 1 is 0.533 bits per heavy atom. The molecule has 0 aliphatic carbocycles. The van der Waals surface area contributed by atoms with Crippen molar-refractivity contribution in [2.24, 2.45) is 0 Å². The molecule has 0 saturated carbocycles. The van der Waals surface area contributed by atoms with Crippen molar-refractivity contribution in [2.75, 3.05) is 93.5 Å². The van der Waals surface area contributed by atoms with E-state index in [0.29, 0.717) is 0 Å². The van der Waals surface area contributed by atoms with E-state index in [0.717, 1.165) is 12.1 Å². The second-order valence-corrected chi connectivity index (χ2v) is 8.59. The normalized spacial score (nSPS) is 10.5. The summed E-state index contributed by atoms with van der Waals surface area (Å²) in [4.78, 5) is 21.2. The molecule has 0 radical (unpaired) electrons. The van der Waals surface area contributed by atoms with Crippen molar-refractivity contribution in [1.29, 1.82) is 10.5 Å². The monoisotopic (exact) mass is 634 g/mol. The average Bonchev–Trinajstić information content (AvgIpc) is 3.03. The predicted octanol–water partition coefficient (Wildman–Crippen LogP) is 2.80. The van der Waals surface area contributed by atoms with Gasteiger partial charge >= 0.3 is 0 Å². The van der Waals surface area contributed by atoms with Gasteiger partial charge in [-0.05, 0) is 0 Å². The van der Waals surface area contributed by atoms with Crippen molar-refractivity contribution in [3.05, 3.63) is 55.6 Å². The van der Waals surface area contributed by atoms with Gasteiger partial charge in [-0.25, -0.2) is 0 Å². The zero-order chi connectivity index (χ0) is 32.9. The third-order valence-corrected chi connectivity index (χ3v) is 5.56. The van der Waals surface area contributed by atoms with Crippen LogP contribution < -0.4 is 18.9 Å². The van der Waals surface area contributed by atoms with E-state index in [-0.39, 0.29) is 113 Å². The number of hydrogen-bond acceptors (Lipinski definition) is 15. The predicted molar refractivity (Wildman–Crippen MR) is 154 cm³/mol. The van der Waals surface area contributed by atoms with Gasteiger partial charge in [0.1, 0.15) is 49.7 Å². The van der Waals surface area contributed by atoms with E-state index >= 15 is 0 Å². The number of nitriles is 2. The van der Waals surface area contributed by atoms with Crippen molar-refractivity contribution in [2.45, 2.75) is 0 Å². The molecule has 244 valence electrons. The molecule has 0 saturated heterocycles. The Hall–Kier alpha value is -4.78. The Morgan fingerprint density at radius 3 is 1.11 bits per heavy atom. The fourth-order valence-corrected chi connectivity index (χ4v) is 3.46. The van der Waals surface area contributed by atoms with Gasteiger partial charge in [0.25, 0.3) is 11.4 Å². The summed E-state index contributed by atoms with van der Waals surface area (Å²) >= 11 is 0. The van der Waals surface area contributed by atoms with E-state index in [9.17, 15) is 30.8 Å². The van der Waals surface area contributed by atoms with Crippen molar-refractivity contribution in [3.63, 3.8) is 0 Å². The number of nitro benzene ring substituents is 2. The molecule has 0 atom stereocenters. The lowest BCUT2D eigenvalue weighted by Gasteiger charge is -2.14. The summed E-state index contributed by atoms with van der Waals surface area (Å²) in [5.41, 5.74) is -1.10. The van der Waals surface area contributed by atoms with Crippen LogP contribution in [0.2, 0.25) is 0 Å². The van der Waals surface area contributed by atoms with Crippen molar-refractivity contribution in [3.8, 4) is 35.1 Å². The van der Waals surface area contributed by atoms with Gasteiger partial charge in [0.2, 0.25) is 0 Å². The molecular formula is C28H34N4O13. The van der Waals surface area contributed by atoms with E-state index in [2.05, 4.69) is 0 Å². The lowest BCUT2D eigenvalue weighted by atomic mass is 10.1. The lowest BCUT2D eigenvalue weighted by Crippen LogP contribution is -2.15. The topological polar surface area (TPSA) is 217 Å². The fraction of sp³-hybridized carbons (Fsp3) is 0.500. The molecule has 2 rings (SSSR count). The van der Waals surface area contributed by atoms with Gasteiger partial charge in [-0.3, -0.25) is 20.2 Å². The van der Waals surface area contributed by atoms with Gasteiger partial charge in [-0.15, -0.1) is 0 Å². The van der Waals surface area contributed by atoms with Gasteiger partial charge in [-0.1, -0.05) is 0 Å². The summed E-state index contributed by atoms with van der Waals surface area (Å²) in [5.74, 6) is 0.565. The first-order valence-electron chi connectivity index (χ1n) is 13.5. The van der Waals surface area contributed by atoms with Crippen molar-refractivity contribution < 1.29 is 52.5 Å². The molecule has 0 bridgehead atoms. The van der Waals surface area contributed by atoms with E-state index < -0.39 is 21.2 Å². The van der Waals surface area contributed by atoms with Gasteiger partial charge in [0.15, 0.2) is 23.0 Å². The van der Waals surface area contributed by atoms with Gasteiger partial charge in [0.05, 0.1) is 74.8 Å². The molecule has 2 aromatic carbocycles. The van der Waals surface area contributed by atoms with E-state index in [4.69, 9.17) is 42.6 Å². The van der Waals surface area contributed by atoms with Crippen LogP contribution in [0.1, 0.15) is 11.1 Å². The highest BCUT2D eigenvalue weighted by Crippen LogP contribution is 2.35. The van der Waals surface area contributed by atoms with Gasteiger partial charge in [0, 0.05) is 26.4 Å². The molecule has 0 aliphatic heterocycles. The molecule has 0 amide bonds. The molecule has 0 unspecified atom stereocenters. The third kappa shape index (κ3) is 12.8. The Kier molecular flexibility index (Phi) is 17.0. The maximum absolute atomic E-state index is 11.3. The van der Waals surface area contributed by atoms with Crippen LogP contribution in [0, 0.1) is 42.9 Å². The summed E-state index contributed by atoms with van der Waals surface area (Å²) in [7, 11) is 2.98. The van der Waals surface area contributed by atoms with E-state index in [1.54, 1.807) is 12.1 Å². The highest BCUT2D eigenvalue weighted by atomic mass is 16.6. The summed E-state index contributed by atoms with van der Waals surface area (Å²) in [6.45, 7) is 2.42. The number of hydrogen-bond donors (Lipinski definition) is 0. The molecule has 0 fully saturated rings. The Balaban J connectivity index is 1.66. The summed E-state index contributed by atoms with van der Waals surface area (Å²) in [5, 5.41) is 41.0. The summed E-state index contributed by atoms with van der Waals surface area (Å²) in [6, 6.07) is 8.34. The molecule has 0 spiro atoms. The summed E-state index contributed by atoms with van der Waals surface area (Å²) in [6.07, 6.45) is 0. The Bertz CT molecular complexity index is 1230. The molecule has 17 nitrogen and oxygen atoms in total. The first-order valence-corrected chi connectivity index (χ1v) is 13.5. The van der Waals surface area contributed by atoms with Gasteiger partial charge < -0.3 is 42.6 Å². The second kappa shape index (κ2) is 21.0. The Labute approximate surface area is 258 Å². The fourth-order valence-electron chi connectivity index (χ4n) is 3.46. The molecule has 0 aromatic heterocycles. The molecule has 0 heterocycles. The van der Waals surface area contributed by atoms with Crippen LogP contribution in [-0.2, 0) is 23.7 Å². The van der Waals surface area contributed by atoms with Crippen LogP contribution in [0.15, 0.2) is 24.3 Å². The second-order valence-electron chi connectivity index (χ2n) is 8.59. The highest BCUT2D eigenvalue weighted by Gasteiger charge is 2.21. The number of nitrogens with zero attached hydrogens (tertiary/aromatic N) is 4. The number of ether oxygens (including phenoxy) is 9. The zero-order valence-electron chi connectivity index (χ0n) is 24.9.